The summed E-state index contributed by atoms with van der Waals surface area (Å²) in [6.45, 7) is 0.532. The maximum absolute atomic E-state index is 12.0. The Labute approximate surface area is 124 Å². The lowest BCUT2D eigenvalue weighted by Crippen LogP contribution is -2.37. The number of carboxylic acid groups (broad SMARTS) is 1. The maximum atomic E-state index is 12.0. The van der Waals surface area contributed by atoms with E-state index in [2.05, 4.69) is 5.32 Å². The number of carboxylic acids is 1. The van der Waals surface area contributed by atoms with E-state index in [1.807, 2.05) is 6.07 Å². The van der Waals surface area contributed by atoms with Crippen LogP contribution in [-0.4, -0.2) is 29.6 Å². The number of carbonyl (C=O) groups is 2. The van der Waals surface area contributed by atoms with Crippen molar-refractivity contribution in [1.29, 1.82) is 0 Å². The Morgan fingerprint density at radius 2 is 1.95 bits per heavy atom. The molecule has 0 spiro atoms. The van der Waals surface area contributed by atoms with Gasteiger partial charge < -0.3 is 16.2 Å². The van der Waals surface area contributed by atoms with E-state index < -0.39 is 5.97 Å². The van der Waals surface area contributed by atoms with Crippen molar-refractivity contribution in [1.82, 2.24) is 5.32 Å². The molecule has 0 radical (unpaired) electrons. The van der Waals surface area contributed by atoms with Gasteiger partial charge >= 0.3 is 5.97 Å². The normalized spacial score (nSPS) is 21.8. The smallest absolute Gasteiger partial charge is 0.335 e. The maximum Gasteiger partial charge on any atom is 0.335 e. The third kappa shape index (κ3) is 4.56. The van der Waals surface area contributed by atoms with Gasteiger partial charge in [-0.2, -0.15) is 0 Å². The van der Waals surface area contributed by atoms with Crippen molar-refractivity contribution in [3.05, 3.63) is 35.4 Å². The highest BCUT2D eigenvalue weighted by Crippen LogP contribution is 2.23. The average molecular weight is 290 g/mol. The molecule has 0 saturated heterocycles. The van der Waals surface area contributed by atoms with E-state index >= 15 is 0 Å². The third-order valence-corrected chi connectivity index (χ3v) is 4.03. The van der Waals surface area contributed by atoms with E-state index in [-0.39, 0.29) is 23.4 Å². The van der Waals surface area contributed by atoms with Crippen LogP contribution in [0.3, 0.4) is 0 Å². The van der Waals surface area contributed by atoms with E-state index in [0.717, 1.165) is 31.2 Å². The second-order valence-corrected chi connectivity index (χ2v) is 5.66. The largest absolute Gasteiger partial charge is 0.478 e. The molecule has 0 aromatic heterocycles. The summed E-state index contributed by atoms with van der Waals surface area (Å²) >= 11 is 0. The summed E-state index contributed by atoms with van der Waals surface area (Å²) in [6.07, 6.45) is 4.19. The van der Waals surface area contributed by atoms with E-state index in [1.54, 1.807) is 18.2 Å². The van der Waals surface area contributed by atoms with E-state index in [0.29, 0.717) is 13.0 Å². The van der Waals surface area contributed by atoms with Crippen LogP contribution >= 0.6 is 0 Å². The van der Waals surface area contributed by atoms with E-state index in [1.165, 1.54) is 0 Å². The van der Waals surface area contributed by atoms with Crippen molar-refractivity contribution in [2.75, 3.05) is 6.54 Å². The van der Waals surface area contributed by atoms with Crippen molar-refractivity contribution in [3.63, 3.8) is 0 Å². The van der Waals surface area contributed by atoms with E-state index in [4.69, 9.17) is 10.8 Å². The SMILES string of the molecule is NC1CCC(C(=O)NCCc2cccc(C(=O)O)c2)CC1. The summed E-state index contributed by atoms with van der Waals surface area (Å²) in [5.41, 5.74) is 7.03. The summed E-state index contributed by atoms with van der Waals surface area (Å²) in [5.74, 6) is -0.758. The summed E-state index contributed by atoms with van der Waals surface area (Å²) in [6, 6.07) is 7.05. The van der Waals surface area contributed by atoms with Crippen molar-refractivity contribution in [2.24, 2.45) is 11.7 Å². The van der Waals surface area contributed by atoms with Gasteiger partial charge in [-0.3, -0.25) is 4.79 Å². The zero-order chi connectivity index (χ0) is 15.2. The van der Waals surface area contributed by atoms with Crippen LogP contribution in [0.4, 0.5) is 0 Å². The lowest BCUT2D eigenvalue weighted by Gasteiger charge is -2.25. The fourth-order valence-corrected chi connectivity index (χ4v) is 2.72. The summed E-state index contributed by atoms with van der Waals surface area (Å²) in [5, 5.41) is 11.9. The lowest BCUT2D eigenvalue weighted by molar-refractivity contribution is -0.125. The molecule has 5 nitrogen and oxygen atoms in total. The Hall–Kier alpha value is -1.88. The molecule has 0 bridgehead atoms. The van der Waals surface area contributed by atoms with Crippen LogP contribution in [-0.2, 0) is 11.2 Å². The molecule has 0 aliphatic heterocycles. The summed E-state index contributed by atoms with van der Waals surface area (Å²) in [4.78, 5) is 22.9. The lowest BCUT2D eigenvalue weighted by atomic mass is 9.86. The molecular formula is C16H22N2O3. The number of aromatic carboxylic acids is 1. The number of nitrogens with one attached hydrogen (secondary N) is 1. The van der Waals surface area contributed by atoms with Crippen LogP contribution in [0.2, 0.25) is 0 Å². The quantitative estimate of drug-likeness (QED) is 0.767. The fourth-order valence-electron chi connectivity index (χ4n) is 2.72. The Morgan fingerprint density at radius 3 is 2.62 bits per heavy atom. The Balaban J connectivity index is 1.77. The van der Waals surface area contributed by atoms with Gasteiger partial charge in [-0.05, 0) is 49.8 Å². The van der Waals surface area contributed by atoms with Gasteiger partial charge in [0.25, 0.3) is 0 Å². The molecule has 0 unspecified atom stereocenters. The zero-order valence-corrected chi connectivity index (χ0v) is 12.0. The zero-order valence-electron chi connectivity index (χ0n) is 12.0. The highest BCUT2D eigenvalue weighted by Gasteiger charge is 2.24. The van der Waals surface area contributed by atoms with Crippen LogP contribution in [0.25, 0.3) is 0 Å². The number of rotatable bonds is 5. The van der Waals surface area contributed by atoms with Gasteiger partial charge in [0.2, 0.25) is 5.91 Å². The molecule has 1 aromatic carbocycles. The van der Waals surface area contributed by atoms with Crippen molar-refractivity contribution in [2.45, 2.75) is 38.1 Å². The first kappa shape index (κ1) is 15.5. The minimum absolute atomic E-state index is 0.0788. The van der Waals surface area contributed by atoms with Gasteiger partial charge in [0.15, 0.2) is 0 Å². The second-order valence-electron chi connectivity index (χ2n) is 5.66. The summed E-state index contributed by atoms with van der Waals surface area (Å²) < 4.78 is 0. The number of carbonyl (C=O) groups excluding carboxylic acids is 1. The predicted molar refractivity (Wildman–Crippen MR) is 80.0 cm³/mol. The summed E-state index contributed by atoms with van der Waals surface area (Å²) in [7, 11) is 0. The Morgan fingerprint density at radius 1 is 1.24 bits per heavy atom. The van der Waals surface area contributed by atoms with Crippen molar-refractivity contribution < 1.29 is 14.7 Å². The molecule has 4 N–H and O–H groups in total. The molecule has 114 valence electrons. The molecule has 21 heavy (non-hydrogen) atoms. The van der Waals surface area contributed by atoms with Gasteiger partial charge in [0.05, 0.1) is 5.56 Å². The van der Waals surface area contributed by atoms with E-state index in [9.17, 15) is 9.59 Å². The number of benzene rings is 1. The highest BCUT2D eigenvalue weighted by atomic mass is 16.4. The van der Waals surface area contributed by atoms with Crippen LogP contribution in [0, 0.1) is 5.92 Å². The molecule has 1 fully saturated rings. The van der Waals surface area contributed by atoms with Gasteiger partial charge in [0.1, 0.15) is 0 Å². The van der Waals surface area contributed by atoms with Crippen LogP contribution in [0.5, 0.6) is 0 Å². The molecule has 1 amide bonds. The van der Waals surface area contributed by atoms with Gasteiger partial charge in [-0.25, -0.2) is 4.79 Å². The van der Waals surface area contributed by atoms with Crippen molar-refractivity contribution in [3.8, 4) is 0 Å². The van der Waals surface area contributed by atoms with Gasteiger partial charge in [-0.1, -0.05) is 12.1 Å². The molecule has 5 heteroatoms. The highest BCUT2D eigenvalue weighted by molar-refractivity contribution is 5.87. The number of hydrogen-bond donors (Lipinski definition) is 3. The fraction of sp³-hybridized carbons (Fsp3) is 0.500. The number of hydrogen-bond acceptors (Lipinski definition) is 3. The monoisotopic (exact) mass is 290 g/mol. The third-order valence-electron chi connectivity index (χ3n) is 4.03. The topological polar surface area (TPSA) is 92.4 Å². The number of nitrogens with two attached hydrogens (primary N) is 1. The minimum atomic E-state index is -0.931. The first-order chi connectivity index (χ1) is 10.1. The molecular weight excluding hydrogens is 268 g/mol. The second kappa shape index (κ2) is 7.22. The standard InChI is InChI=1S/C16H22N2O3/c17-14-6-4-12(5-7-14)15(19)18-9-8-11-2-1-3-13(10-11)16(20)21/h1-3,10,12,14H,4-9,17H2,(H,18,19)(H,20,21). The van der Waals surface area contributed by atoms with Crippen LogP contribution in [0.15, 0.2) is 24.3 Å². The molecule has 0 heterocycles. The number of amides is 1. The van der Waals surface area contributed by atoms with Gasteiger partial charge in [0, 0.05) is 18.5 Å². The molecule has 1 aliphatic rings. The Kier molecular flexibility index (Phi) is 5.33. The van der Waals surface area contributed by atoms with Gasteiger partial charge in [-0.15, -0.1) is 0 Å². The van der Waals surface area contributed by atoms with Crippen LogP contribution in [0.1, 0.15) is 41.6 Å². The predicted octanol–water partition coefficient (Wildman–Crippen LogP) is 1.56. The molecule has 2 rings (SSSR count). The average Bonchev–Trinajstić information content (AvgIpc) is 2.48. The Bertz CT molecular complexity index is 508. The van der Waals surface area contributed by atoms with Crippen LogP contribution < -0.4 is 11.1 Å². The minimum Gasteiger partial charge on any atom is -0.478 e. The molecule has 1 aliphatic carbocycles. The molecule has 0 atom stereocenters. The molecule has 1 saturated carbocycles. The first-order valence-corrected chi connectivity index (χ1v) is 7.42. The van der Waals surface area contributed by atoms with Crippen molar-refractivity contribution >= 4 is 11.9 Å². The first-order valence-electron chi connectivity index (χ1n) is 7.42. The molecule has 1 aromatic rings.